The summed E-state index contributed by atoms with van der Waals surface area (Å²) in [6.07, 6.45) is 1.65. The van der Waals surface area contributed by atoms with Gasteiger partial charge in [-0.2, -0.15) is 14.1 Å². The van der Waals surface area contributed by atoms with Gasteiger partial charge in [-0.15, -0.1) is 0 Å². The first-order valence-corrected chi connectivity index (χ1v) is 12.6. The molecule has 178 valence electrons. The summed E-state index contributed by atoms with van der Waals surface area (Å²) in [6, 6.07) is 18.6. The fourth-order valence-electron chi connectivity index (χ4n) is 4.16. The van der Waals surface area contributed by atoms with Crippen LogP contribution < -0.4 is 5.56 Å². The van der Waals surface area contributed by atoms with E-state index in [0.717, 1.165) is 10.9 Å². The third kappa shape index (κ3) is 4.33. The minimum absolute atomic E-state index is 0.124. The largest absolute Gasteiger partial charge is 0.335 e. The van der Waals surface area contributed by atoms with Crippen molar-refractivity contribution >= 4 is 26.8 Å². The smallest absolute Gasteiger partial charge is 0.274 e. The number of carbonyl (C=O) groups is 1. The first-order chi connectivity index (χ1) is 16.8. The average molecular weight is 490 g/mol. The normalized spacial score (nSPS) is 14.8. The summed E-state index contributed by atoms with van der Waals surface area (Å²) in [5, 5.41) is 5.01. The molecule has 10 heteroatoms. The molecule has 2 aromatic heterocycles. The van der Waals surface area contributed by atoms with Crippen LogP contribution in [0.15, 0.2) is 82.6 Å². The van der Waals surface area contributed by atoms with Crippen LogP contribution in [0.3, 0.4) is 0 Å². The third-order valence-corrected chi connectivity index (χ3v) is 7.90. The summed E-state index contributed by atoms with van der Waals surface area (Å²) in [5.41, 5.74) is 1.72. The SMILES string of the molecule is Cc1cnc2c(S(=O)(=O)N3CCN(C(=O)c4ccc(=O)n(-c5ccccc5)n4)CC3)cccc2c1. The predicted molar refractivity (Wildman–Crippen MR) is 131 cm³/mol. The van der Waals surface area contributed by atoms with E-state index in [0.29, 0.717) is 11.2 Å². The van der Waals surface area contributed by atoms with E-state index in [9.17, 15) is 18.0 Å². The van der Waals surface area contributed by atoms with Gasteiger partial charge in [-0.25, -0.2) is 8.42 Å². The molecule has 1 saturated heterocycles. The lowest BCUT2D eigenvalue weighted by Gasteiger charge is -2.34. The van der Waals surface area contributed by atoms with Crippen LogP contribution in [0.2, 0.25) is 0 Å². The Kier molecular flexibility index (Phi) is 5.91. The number of hydrogen-bond acceptors (Lipinski definition) is 6. The zero-order valence-corrected chi connectivity index (χ0v) is 19.9. The Morgan fingerprint density at radius 2 is 1.66 bits per heavy atom. The Balaban J connectivity index is 1.35. The number of nitrogens with zero attached hydrogens (tertiary/aromatic N) is 5. The van der Waals surface area contributed by atoms with Gasteiger partial charge in [-0.05, 0) is 42.8 Å². The van der Waals surface area contributed by atoms with Gasteiger partial charge in [0.05, 0.1) is 11.2 Å². The number of piperazine rings is 1. The number of aryl methyl sites for hydroxylation is 1. The third-order valence-electron chi connectivity index (χ3n) is 5.97. The number of aromatic nitrogens is 3. The van der Waals surface area contributed by atoms with E-state index in [1.165, 1.54) is 21.1 Å². The average Bonchev–Trinajstić information content (AvgIpc) is 2.88. The first-order valence-electron chi connectivity index (χ1n) is 11.2. The summed E-state index contributed by atoms with van der Waals surface area (Å²) in [7, 11) is -3.79. The van der Waals surface area contributed by atoms with Gasteiger partial charge in [0.1, 0.15) is 10.6 Å². The molecule has 35 heavy (non-hydrogen) atoms. The molecule has 0 saturated carbocycles. The van der Waals surface area contributed by atoms with E-state index in [-0.39, 0.29) is 48.2 Å². The fourth-order valence-corrected chi connectivity index (χ4v) is 5.75. The summed E-state index contributed by atoms with van der Waals surface area (Å²) in [6.45, 7) is 2.62. The molecule has 9 nitrogen and oxygen atoms in total. The van der Waals surface area contributed by atoms with Crippen LogP contribution in [0.25, 0.3) is 16.6 Å². The molecule has 0 atom stereocenters. The molecular weight excluding hydrogens is 466 g/mol. The molecule has 3 heterocycles. The number of rotatable bonds is 4. The molecule has 1 amide bonds. The van der Waals surface area contributed by atoms with E-state index in [2.05, 4.69) is 10.1 Å². The van der Waals surface area contributed by atoms with E-state index >= 15 is 0 Å². The molecule has 5 rings (SSSR count). The number of carbonyl (C=O) groups excluding carboxylic acids is 1. The van der Waals surface area contributed by atoms with Crippen molar-refractivity contribution in [2.45, 2.75) is 11.8 Å². The van der Waals surface area contributed by atoms with Gasteiger partial charge in [0.15, 0.2) is 0 Å². The molecule has 0 radical (unpaired) electrons. The number of sulfonamides is 1. The number of para-hydroxylation sites is 2. The molecule has 4 aromatic rings. The maximum Gasteiger partial charge on any atom is 0.274 e. The van der Waals surface area contributed by atoms with Crippen LogP contribution in [0.1, 0.15) is 16.1 Å². The van der Waals surface area contributed by atoms with Crippen molar-refractivity contribution in [1.29, 1.82) is 0 Å². The quantitative estimate of drug-likeness (QED) is 0.435. The summed E-state index contributed by atoms with van der Waals surface area (Å²) in [4.78, 5) is 31.4. The van der Waals surface area contributed by atoms with E-state index in [4.69, 9.17) is 0 Å². The molecule has 2 aromatic carbocycles. The fraction of sp³-hybridized carbons (Fsp3) is 0.200. The number of benzene rings is 2. The lowest BCUT2D eigenvalue weighted by molar-refractivity contribution is 0.0690. The Morgan fingerprint density at radius 3 is 2.40 bits per heavy atom. The topological polar surface area (TPSA) is 105 Å². The molecular formula is C25H23N5O4S. The second-order valence-electron chi connectivity index (χ2n) is 8.34. The maximum atomic E-state index is 13.4. The minimum Gasteiger partial charge on any atom is -0.335 e. The van der Waals surface area contributed by atoms with Crippen molar-refractivity contribution in [2.24, 2.45) is 0 Å². The molecule has 0 N–H and O–H groups in total. The van der Waals surface area contributed by atoms with Crippen LogP contribution in [-0.4, -0.2) is 64.5 Å². The molecule has 1 fully saturated rings. The molecule has 1 aliphatic heterocycles. The van der Waals surface area contributed by atoms with Crippen molar-refractivity contribution in [1.82, 2.24) is 24.0 Å². The lowest BCUT2D eigenvalue weighted by Crippen LogP contribution is -2.50. The van der Waals surface area contributed by atoms with Gasteiger partial charge < -0.3 is 4.90 Å². The summed E-state index contributed by atoms with van der Waals surface area (Å²) < 4.78 is 29.4. The van der Waals surface area contributed by atoms with Gasteiger partial charge >= 0.3 is 0 Å². The van der Waals surface area contributed by atoms with E-state index < -0.39 is 10.0 Å². The van der Waals surface area contributed by atoms with Gasteiger partial charge in [0, 0.05) is 43.8 Å². The highest BCUT2D eigenvalue weighted by Gasteiger charge is 2.32. The van der Waals surface area contributed by atoms with E-state index in [1.54, 1.807) is 47.5 Å². The second-order valence-corrected chi connectivity index (χ2v) is 10.2. The molecule has 0 spiro atoms. The van der Waals surface area contributed by atoms with Crippen molar-refractivity contribution in [2.75, 3.05) is 26.2 Å². The number of hydrogen-bond donors (Lipinski definition) is 0. The van der Waals surface area contributed by atoms with Crippen LogP contribution in [0.4, 0.5) is 0 Å². The maximum absolute atomic E-state index is 13.4. The monoisotopic (exact) mass is 489 g/mol. The lowest BCUT2D eigenvalue weighted by atomic mass is 10.2. The standard InChI is InChI=1S/C25H23N5O4S/c1-18-16-19-6-5-9-22(24(19)26-17-18)35(33,34)29-14-12-28(13-15-29)25(32)21-10-11-23(31)30(27-21)20-7-3-2-4-8-20/h2-11,16-17H,12-15H2,1H3. The zero-order valence-electron chi connectivity index (χ0n) is 19.0. The molecule has 0 aliphatic carbocycles. The summed E-state index contributed by atoms with van der Waals surface area (Å²) >= 11 is 0. The highest BCUT2D eigenvalue weighted by atomic mass is 32.2. The Bertz CT molecular complexity index is 1580. The van der Waals surface area contributed by atoms with Gasteiger partial charge in [-0.3, -0.25) is 14.6 Å². The van der Waals surface area contributed by atoms with Gasteiger partial charge in [0.2, 0.25) is 10.0 Å². The first kappa shape index (κ1) is 22.9. The predicted octanol–water partition coefficient (Wildman–Crippen LogP) is 2.24. The summed E-state index contributed by atoms with van der Waals surface area (Å²) in [5.74, 6) is -0.353. The van der Waals surface area contributed by atoms with Crippen LogP contribution in [-0.2, 0) is 10.0 Å². The Hall–Kier alpha value is -3.89. The Morgan fingerprint density at radius 1 is 0.914 bits per heavy atom. The van der Waals surface area contributed by atoms with Gasteiger partial charge in [0.25, 0.3) is 11.5 Å². The molecule has 0 bridgehead atoms. The Labute approximate surface area is 202 Å². The van der Waals surface area contributed by atoms with Crippen molar-refractivity contribution in [3.05, 3.63) is 94.5 Å². The highest BCUT2D eigenvalue weighted by molar-refractivity contribution is 7.89. The number of amides is 1. The molecule has 0 unspecified atom stereocenters. The van der Waals surface area contributed by atoms with Crippen molar-refractivity contribution in [3.63, 3.8) is 0 Å². The van der Waals surface area contributed by atoms with Gasteiger partial charge in [-0.1, -0.05) is 30.3 Å². The highest BCUT2D eigenvalue weighted by Crippen LogP contribution is 2.25. The van der Waals surface area contributed by atoms with Crippen LogP contribution in [0.5, 0.6) is 0 Å². The van der Waals surface area contributed by atoms with Crippen LogP contribution in [0, 0.1) is 6.92 Å². The zero-order chi connectivity index (χ0) is 24.6. The minimum atomic E-state index is -3.79. The molecule has 1 aliphatic rings. The second kappa shape index (κ2) is 9.05. The van der Waals surface area contributed by atoms with Crippen LogP contribution >= 0.6 is 0 Å². The number of pyridine rings is 1. The number of fused-ring (bicyclic) bond motifs is 1. The van der Waals surface area contributed by atoms with Crippen molar-refractivity contribution < 1.29 is 13.2 Å². The van der Waals surface area contributed by atoms with Crippen molar-refractivity contribution in [3.8, 4) is 5.69 Å². The van der Waals surface area contributed by atoms with E-state index in [1.807, 2.05) is 25.1 Å².